The number of hydrogen-bond donors (Lipinski definition) is 1. The SMILES string of the molecule is COC(=O)COc1ccccc1/C=C(/C#N)C(=O)N[C@H](C)c1ccccc1. The molecule has 0 radical (unpaired) electrons. The molecule has 0 fully saturated rings. The molecule has 0 unspecified atom stereocenters. The van der Waals surface area contributed by atoms with Crippen LogP contribution in [0.2, 0.25) is 0 Å². The highest BCUT2D eigenvalue weighted by atomic mass is 16.6. The summed E-state index contributed by atoms with van der Waals surface area (Å²) in [6.07, 6.45) is 1.43. The summed E-state index contributed by atoms with van der Waals surface area (Å²) in [6.45, 7) is 1.58. The summed E-state index contributed by atoms with van der Waals surface area (Å²) in [6, 6.07) is 17.9. The lowest BCUT2D eigenvalue weighted by molar-refractivity contribution is -0.142. The van der Waals surface area contributed by atoms with Crippen LogP contribution in [0.25, 0.3) is 6.08 Å². The molecule has 0 bridgehead atoms. The molecular weight excluding hydrogens is 344 g/mol. The van der Waals surface area contributed by atoms with Crippen LogP contribution in [0.3, 0.4) is 0 Å². The standard InChI is InChI=1S/C21H20N2O4/c1-15(16-8-4-3-5-9-16)23-21(25)18(13-22)12-17-10-6-7-11-19(17)27-14-20(24)26-2/h3-12,15H,14H2,1-2H3,(H,23,25)/b18-12-/t15-/m1/s1. The van der Waals surface area contributed by atoms with Gasteiger partial charge in [-0.1, -0.05) is 48.5 Å². The summed E-state index contributed by atoms with van der Waals surface area (Å²) >= 11 is 0. The highest BCUT2D eigenvalue weighted by molar-refractivity contribution is 6.02. The highest BCUT2D eigenvalue weighted by Gasteiger charge is 2.15. The number of para-hydroxylation sites is 1. The van der Waals surface area contributed by atoms with Crippen LogP contribution in [-0.4, -0.2) is 25.6 Å². The quantitative estimate of drug-likeness (QED) is 0.463. The summed E-state index contributed by atoms with van der Waals surface area (Å²) in [4.78, 5) is 23.7. The molecule has 2 rings (SSSR count). The van der Waals surface area contributed by atoms with Gasteiger partial charge in [0.1, 0.15) is 17.4 Å². The minimum Gasteiger partial charge on any atom is -0.481 e. The van der Waals surface area contributed by atoms with E-state index in [-0.39, 0.29) is 18.2 Å². The van der Waals surface area contributed by atoms with Gasteiger partial charge in [0.2, 0.25) is 0 Å². The van der Waals surface area contributed by atoms with Crippen molar-refractivity contribution in [3.8, 4) is 11.8 Å². The van der Waals surface area contributed by atoms with Gasteiger partial charge in [-0.25, -0.2) is 4.79 Å². The van der Waals surface area contributed by atoms with Crippen molar-refractivity contribution in [1.29, 1.82) is 5.26 Å². The second-order valence-corrected chi connectivity index (χ2v) is 5.68. The number of nitrogens with one attached hydrogen (secondary N) is 1. The zero-order chi connectivity index (χ0) is 19.6. The summed E-state index contributed by atoms with van der Waals surface area (Å²) in [5, 5.41) is 12.2. The highest BCUT2D eigenvalue weighted by Crippen LogP contribution is 2.21. The summed E-state index contributed by atoms with van der Waals surface area (Å²) < 4.78 is 9.95. The Morgan fingerprint density at radius 3 is 2.48 bits per heavy atom. The number of methoxy groups -OCH3 is 1. The van der Waals surface area contributed by atoms with Crippen molar-refractivity contribution in [2.24, 2.45) is 0 Å². The van der Waals surface area contributed by atoms with E-state index >= 15 is 0 Å². The number of amides is 1. The molecule has 2 aromatic rings. The van der Waals surface area contributed by atoms with Crippen molar-refractivity contribution in [3.63, 3.8) is 0 Å². The number of rotatable bonds is 7. The molecule has 138 valence electrons. The molecule has 0 saturated carbocycles. The molecular formula is C21H20N2O4. The minimum atomic E-state index is -0.524. The first-order valence-corrected chi connectivity index (χ1v) is 8.31. The lowest BCUT2D eigenvalue weighted by atomic mass is 10.1. The Morgan fingerprint density at radius 2 is 1.81 bits per heavy atom. The van der Waals surface area contributed by atoms with Crippen LogP contribution in [0.1, 0.15) is 24.1 Å². The predicted molar refractivity (Wildman–Crippen MR) is 101 cm³/mol. The van der Waals surface area contributed by atoms with Crippen LogP contribution in [0, 0.1) is 11.3 Å². The third-order valence-electron chi connectivity index (χ3n) is 3.80. The zero-order valence-electron chi connectivity index (χ0n) is 15.1. The topological polar surface area (TPSA) is 88.4 Å². The van der Waals surface area contributed by atoms with Crippen LogP contribution in [0.4, 0.5) is 0 Å². The lowest BCUT2D eigenvalue weighted by Crippen LogP contribution is -2.27. The third kappa shape index (κ3) is 5.72. The Balaban J connectivity index is 2.17. The Morgan fingerprint density at radius 1 is 1.15 bits per heavy atom. The van der Waals surface area contributed by atoms with Gasteiger partial charge in [-0.2, -0.15) is 5.26 Å². The number of nitrogens with zero attached hydrogens (tertiary/aromatic N) is 1. The number of ether oxygens (including phenoxy) is 2. The molecule has 0 aromatic heterocycles. The zero-order valence-corrected chi connectivity index (χ0v) is 15.1. The number of hydrogen-bond acceptors (Lipinski definition) is 5. The first kappa shape index (κ1) is 19.7. The van der Waals surface area contributed by atoms with Gasteiger partial charge in [-0.3, -0.25) is 4.79 Å². The van der Waals surface area contributed by atoms with Gasteiger partial charge in [0, 0.05) is 5.56 Å². The van der Waals surface area contributed by atoms with E-state index in [1.807, 2.05) is 43.3 Å². The van der Waals surface area contributed by atoms with Gasteiger partial charge in [0.25, 0.3) is 5.91 Å². The number of esters is 1. The molecule has 6 nitrogen and oxygen atoms in total. The van der Waals surface area contributed by atoms with E-state index in [4.69, 9.17) is 4.74 Å². The summed E-state index contributed by atoms with van der Waals surface area (Å²) in [7, 11) is 1.27. The van der Waals surface area contributed by atoms with Crippen LogP contribution in [0.15, 0.2) is 60.2 Å². The van der Waals surface area contributed by atoms with Crippen LogP contribution in [-0.2, 0) is 14.3 Å². The number of benzene rings is 2. The van der Waals surface area contributed by atoms with Gasteiger partial charge >= 0.3 is 5.97 Å². The molecule has 0 aliphatic heterocycles. The Kier molecular flexibility index (Phi) is 7.15. The van der Waals surface area contributed by atoms with Crippen molar-refractivity contribution < 1.29 is 19.1 Å². The first-order chi connectivity index (χ1) is 13.0. The van der Waals surface area contributed by atoms with Gasteiger partial charge in [-0.05, 0) is 24.6 Å². The second kappa shape index (κ2) is 9.78. The van der Waals surface area contributed by atoms with Gasteiger partial charge in [0.15, 0.2) is 6.61 Å². The fourth-order valence-corrected chi connectivity index (χ4v) is 2.33. The van der Waals surface area contributed by atoms with E-state index in [0.717, 1.165) is 5.56 Å². The molecule has 27 heavy (non-hydrogen) atoms. The molecule has 0 spiro atoms. The normalized spacial score (nSPS) is 11.8. The molecule has 6 heteroatoms. The molecule has 2 aromatic carbocycles. The fourth-order valence-electron chi connectivity index (χ4n) is 2.33. The van der Waals surface area contributed by atoms with E-state index in [9.17, 15) is 14.9 Å². The molecule has 0 aliphatic rings. The van der Waals surface area contributed by atoms with Crippen molar-refractivity contribution in [3.05, 3.63) is 71.3 Å². The molecule has 0 heterocycles. The number of carbonyl (C=O) groups is 2. The Labute approximate surface area is 158 Å². The van der Waals surface area contributed by atoms with E-state index in [1.54, 1.807) is 24.3 Å². The van der Waals surface area contributed by atoms with Crippen LogP contribution < -0.4 is 10.1 Å². The molecule has 1 N–H and O–H groups in total. The second-order valence-electron chi connectivity index (χ2n) is 5.68. The van der Waals surface area contributed by atoms with Crippen molar-refractivity contribution in [2.75, 3.05) is 13.7 Å². The monoisotopic (exact) mass is 364 g/mol. The lowest BCUT2D eigenvalue weighted by Gasteiger charge is -2.14. The predicted octanol–water partition coefficient (Wildman–Crippen LogP) is 3.02. The molecule has 1 amide bonds. The van der Waals surface area contributed by atoms with Crippen molar-refractivity contribution in [1.82, 2.24) is 5.32 Å². The van der Waals surface area contributed by atoms with Gasteiger partial charge in [-0.15, -0.1) is 0 Å². The molecule has 1 atom stereocenters. The Bertz CT molecular complexity index is 869. The third-order valence-corrected chi connectivity index (χ3v) is 3.80. The van der Waals surface area contributed by atoms with Crippen LogP contribution >= 0.6 is 0 Å². The average molecular weight is 364 g/mol. The maximum absolute atomic E-state index is 12.5. The van der Waals surface area contributed by atoms with Crippen molar-refractivity contribution in [2.45, 2.75) is 13.0 Å². The number of carbonyl (C=O) groups excluding carboxylic acids is 2. The summed E-state index contributed by atoms with van der Waals surface area (Å²) in [5.41, 5.74) is 1.39. The largest absolute Gasteiger partial charge is 0.481 e. The average Bonchev–Trinajstić information content (AvgIpc) is 2.71. The van der Waals surface area contributed by atoms with E-state index in [0.29, 0.717) is 11.3 Å². The van der Waals surface area contributed by atoms with E-state index in [1.165, 1.54) is 13.2 Å². The van der Waals surface area contributed by atoms with Crippen molar-refractivity contribution >= 4 is 18.0 Å². The van der Waals surface area contributed by atoms with Gasteiger partial charge < -0.3 is 14.8 Å². The first-order valence-electron chi connectivity index (χ1n) is 8.31. The fraction of sp³-hybridized carbons (Fsp3) is 0.190. The Hall–Kier alpha value is -3.59. The molecule has 0 saturated heterocycles. The van der Waals surface area contributed by atoms with Gasteiger partial charge in [0.05, 0.1) is 13.2 Å². The van der Waals surface area contributed by atoms with E-state index < -0.39 is 11.9 Å². The smallest absolute Gasteiger partial charge is 0.343 e. The summed E-state index contributed by atoms with van der Waals surface area (Å²) in [5.74, 6) is -0.639. The minimum absolute atomic E-state index is 0.0631. The maximum Gasteiger partial charge on any atom is 0.343 e. The maximum atomic E-state index is 12.5. The van der Waals surface area contributed by atoms with Crippen LogP contribution in [0.5, 0.6) is 5.75 Å². The van der Waals surface area contributed by atoms with E-state index in [2.05, 4.69) is 10.1 Å². The number of nitriles is 1. The molecule has 0 aliphatic carbocycles.